The summed E-state index contributed by atoms with van der Waals surface area (Å²) in [6.07, 6.45) is 0. The molecule has 19 heavy (non-hydrogen) atoms. The second kappa shape index (κ2) is 6.09. The summed E-state index contributed by atoms with van der Waals surface area (Å²) in [5.74, 6) is 1.43. The summed E-state index contributed by atoms with van der Waals surface area (Å²) in [7, 11) is 0. The number of hydrogen-bond acceptors (Lipinski definition) is 4. The van der Waals surface area contributed by atoms with Gasteiger partial charge in [0.05, 0.1) is 6.61 Å². The molecule has 0 aliphatic rings. The van der Waals surface area contributed by atoms with Gasteiger partial charge in [-0.15, -0.1) is 0 Å². The lowest BCUT2D eigenvalue weighted by molar-refractivity contribution is 0.327. The smallest absolute Gasteiger partial charge is 0.215 e. The molecule has 4 heteroatoms. The van der Waals surface area contributed by atoms with Gasteiger partial charge in [-0.2, -0.15) is 4.98 Å². The molecule has 1 aromatic carbocycles. The average Bonchev–Trinajstić information content (AvgIpc) is 2.41. The van der Waals surface area contributed by atoms with Crippen LogP contribution in [0.25, 0.3) is 0 Å². The lowest BCUT2D eigenvalue weighted by Gasteiger charge is -2.11. The Morgan fingerprint density at radius 1 is 1.21 bits per heavy atom. The van der Waals surface area contributed by atoms with Crippen LogP contribution in [0.4, 0.5) is 11.5 Å². The van der Waals surface area contributed by atoms with Crippen molar-refractivity contribution in [3.63, 3.8) is 0 Å². The van der Waals surface area contributed by atoms with E-state index in [1.165, 1.54) is 5.56 Å². The van der Waals surface area contributed by atoms with Gasteiger partial charge in [-0.25, -0.2) is 0 Å². The van der Waals surface area contributed by atoms with Crippen LogP contribution in [0.2, 0.25) is 0 Å². The zero-order valence-electron chi connectivity index (χ0n) is 11.3. The Labute approximate surface area is 113 Å². The number of anilines is 2. The standard InChI is InChI=1S/C15H19N3O/c1-3-19-15-9-5-8-14(18-15)17-10-12-6-4-7-13(16)11(12)2/h4-9H,3,10,16H2,1-2H3,(H,17,18). The maximum atomic E-state index is 5.89. The molecule has 1 heterocycles. The molecule has 1 aromatic heterocycles. The largest absolute Gasteiger partial charge is 0.478 e. The van der Waals surface area contributed by atoms with Crippen LogP contribution >= 0.6 is 0 Å². The van der Waals surface area contributed by atoms with Crippen LogP contribution in [0.5, 0.6) is 5.88 Å². The van der Waals surface area contributed by atoms with Crippen molar-refractivity contribution in [1.82, 2.24) is 4.98 Å². The zero-order valence-corrected chi connectivity index (χ0v) is 11.3. The number of nitrogens with zero attached hydrogens (tertiary/aromatic N) is 1. The Bertz CT molecular complexity index is 555. The van der Waals surface area contributed by atoms with E-state index in [9.17, 15) is 0 Å². The summed E-state index contributed by atoms with van der Waals surface area (Å²) in [6.45, 7) is 5.28. The number of hydrogen-bond donors (Lipinski definition) is 2. The number of rotatable bonds is 5. The minimum Gasteiger partial charge on any atom is -0.478 e. The molecule has 0 fully saturated rings. The SMILES string of the molecule is CCOc1cccc(NCc2cccc(N)c2C)n1. The van der Waals surface area contributed by atoms with Gasteiger partial charge in [-0.3, -0.25) is 0 Å². The number of ether oxygens (including phenoxy) is 1. The van der Waals surface area contributed by atoms with Crippen molar-refractivity contribution < 1.29 is 4.74 Å². The molecule has 0 saturated heterocycles. The molecule has 0 amide bonds. The lowest BCUT2D eigenvalue weighted by Crippen LogP contribution is -2.05. The van der Waals surface area contributed by atoms with Crippen molar-refractivity contribution >= 4 is 11.5 Å². The second-order valence-electron chi connectivity index (χ2n) is 4.28. The highest BCUT2D eigenvalue weighted by Gasteiger charge is 2.02. The highest BCUT2D eigenvalue weighted by atomic mass is 16.5. The molecule has 0 radical (unpaired) electrons. The van der Waals surface area contributed by atoms with Crippen molar-refractivity contribution in [1.29, 1.82) is 0 Å². The van der Waals surface area contributed by atoms with Crippen molar-refractivity contribution in [2.45, 2.75) is 20.4 Å². The molecular formula is C15H19N3O. The molecule has 0 spiro atoms. The Morgan fingerprint density at radius 3 is 2.79 bits per heavy atom. The fraction of sp³-hybridized carbons (Fsp3) is 0.267. The molecule has 2 aromatic rings. The van der Waals surface area contributed by atoms with E-state index in [0.717, 1.165) is 17.1 Å². The van der Waals surface area contributed by atoms with Crippen LogP contribution in [0.1, 0.15) is 18.1 Å². The maximum Gasteiger partial charge on any atom is 0.215 e. The average molecular weight is 257 g/mol. The van der Waals surface area contributed by atoms with E-state index < -0.39 is 0 Å². The Kier molecular flexibility index (Phi) is 4.23. The Morgan fingerprint density at radius 2 is 2.00 bits per heavy atom. The summed E-state index contributed by atoms with van der Waals surface area (Å²) in [6, 6.07) is 11.6. The highest BCUT2D eigenvalue weighted by Crippen LogP contribution is 2.17. The first kappa shape index (κ1) is 13.2. The predicted octanol–water partition coefficient (Wildman–Crippen LogP) is 2.98. The van der Waals surface area contributed by atoms with Gasteiger partial charge in [0.15, 0.2) is 0 Å². The van der Waals surface area contributed by atoms with E-state index in [1.807, 2.05) is 44.2 Å². The van der Waals surface area contributed by atoms with Crippen LogP contribution in [0.15, 0.2) is 36.4 Å². The van der Waals surface area contributed by atoms with Gasteiger partial charge in [0.2, 0.25) is 5.88 Å². The Hall–Kier alpha value is -2.23. The normalized spacial score (nSPS) is 10.2. The molecule has 2 rings (SSSR count). The van der Waals surface area contributed by atoms with Crippen LogP contribution < -0.4 is 15.8 Å². The molecule has 4 nitrogen and oxygen atoms in total. The molecule has 0 unspecified atom stereocenters. The third kappa shape index (κ3) is 3.37. The van der Waals surface area contributed by atoms with Crippen LogP contribution in [-0.4, -0.2) is 11.6 Å². The first-order valence-electron chi connectivity index (χ1n) is 6.38. The zero-order chi connectivity index (χ0) is 13.7. The number of nitrogens with one attached hydrogen (secondary N) is 1. The number of benzene rings is 1. The van der Waals surface area contributed by atoms with Gasteiger partial charge in [0.1, 0.15) is 5.82 Å². The minimum atomic E-state index is 0.616. The molecule has 0 aliphatic heterocycles. The van der Waals surface area contributed by atoms with Gasteiger partial charge in [0.25, 0.3) is 0 Å². The predicted molar refractivity (Wildman–Crippen MR) is 78.3 cm³/mol. The van der Waals surface area contributed by atoms with Crippen molar-refractivity contribution in [3.8, 4) is 5.88 Å². The number of nitrogen functional groups attached to an aromatic ring is 1. The van der Waals surface area contributed by atoms with Gasteiger partial charge < -0.3 is 15.8 Å². The summed E-state index contributed by atoms with van der Waals surface area (Å²) < 4.78 is 5.37. The van der Waals surface area contributed by atoms with Crippen LogP contribution in [0.3, 0.4) is 0 Å². The fourth-order valence-corrected chi connectivity index (χ4v) is 1.82. The van der Waals surface area contributed by atoms with Gasteiger partial charge in [-0.1, -0.05) is 18.2 Å². The van der Waals surface area contributed by atoms with Crippen molar-refractivity contribution in [2.24, 2.45) is 0 Å². The number of nitrogens with two attached hydrogens (primary N) is 1. The summed E-state index contributed by atoms with van der Waals surface area (Å²) in [5.41, 5.74) is 8.98. The van der Waals surface area contributed by atoms with Gasteiger partial charge in [0, 0.05) is 18.3 Å². The maximum absolute atomic E-state index is 5.89. The first-order chi connectivity index (χ1) is 9.20. The summed E-state index contributed by atoms with van der Waals surface area (Å²) in [5, 5.41) is 3.28. The molecule has 100 valence electrons. The van der Waals surface area contributed by atoms with E-state index in [4.69, 9.17) is 10.5 Å². The monoisotopic (exact) mass is 257 g/mol. The fourth-order valence-electron chi connectivity index (χ4n) is 1.82. The molecule has 0 aliphatic carbocycles. The van der Waals surface area contributed by atoms with E-state index >= 15 is 0 Å². The number of aromatic nitrogens is 1. The topological polar surface area (TPSA) is 60.2 Å². The lowest BCUT2D eigenvalue weighted by atomic mass is 10.1. The van der Waals surface area contributed by atoms with E-state index in [-0.39, 0.29) is 0 Å². The molecular weight excluding hydrogens is 238 g/mol. The molecule has 0 atom stereocenters. The van der Waals surface area contributed by atoms with Gasteiger partial charge in [-0.05, 0) is 37.1 Å². The third-order valence-corrected chi connectivity index (χ3v) is 2.96. The van der Waals surface area contributed by atoms with Crippen LogP contribution in [0, 0.1) is 6.92 Å². The first-order valence-corrected chi connectivity index (χ1v) is 6.38. The van der Waals surface area contributed by atoms with Crippen LogP contribution in [-0.2, 0) is 6.54 Å². The highest BCUT2D eigenvalue weighted by molar-refractivity contribution is 5.51. The Balaban J connectivity index is 2.06. The summed E-state index contributed by atoms with van der Waals surface area (Å²) >= 11 is 0. The molecule has 0 saturated carbocycles. The molecule has 3 N–H and O–H groups in total. The second-order valence-corrected chi connectivity index (χ2v) is 4.28. The molecule has 0 bridgehead atoms. The summed E-state index contributed by atoms with van der Waals surface area (Å²) in [4.78, 5) is 4.37. The van der Waals surface area contributed by atoms with E-state index in [2.05, 4.69) is 16.4 Å². The van der Waals surface area contributed by atoms with E-state index in [1.54, 1.807) is 0 Å². The van der Waals surface area contributed by atoms with Gasteiger partial charge >= 0.3 is 0 Å². The van der Waals surface area contributed by atoms with Crippen molar-refractivity contribution in [2.75, 3.05) is 17.7 Å². The quantitative estimate of drug-likeness (QED) is 0.808. The number of pyridine rings is 1. The van der Waals surface area contributed by atoms with E-state index in [0.29, 0.717) is 19.0 Å². The minimum absolute atomic E-state index is 0.616. The third-order valence-electron chi connectivity index (χ3n) is 2.96. The van der Waals surface area contributed by atoms with Crippen molar-refractivity contribution in [3.05, 3.63) is 47.5 Å².